The Morgan fingerprint density at radius 1 is 1.19 bits per heavy atom. The van der Waals surface area contributed by atoms with Gasteiger partial charge in [0.05, 0.1) is 21.2 Å². The molecule has 0 fully saturated rings. The van der Waals surface area contributed by atoms with E-state index in [1.54, 1.807) is 18.2 Å². The minimum absolute atomic E-state index is 0.292. The number of H-pyrrole nitrogens is 1. The Morgan fingerprint density at radius 3 is 2.50 bits per heavy atom. The summed E-state index contributed by atoms with van der Waals surface area (Å²) in [5.74, 6) is 0. The van der Waals surface area contributed by atoms with Crippen LogP contribution in [0.15, 0.2) is 30.3 Å². The molecule has 1 N–H and O–H groups in total. The summed E-state index contributed by atoms with van der Waals surface area (Å²) in [6.07, 6.45) is 0.00149. The first-order chi connectivity index (χ1) is 12.2. The van der Waals surface area contributed by atoms with Crippen molar-refractivity contribution >= 4 is 56.3 Å². The van der Waals surface area contributed by atoms with Crippen LogP contribution in [0.5, 0.6) is 0 Å². The molecule has 0 aliphatic carbocycles. The molecule has 0 bridgehead atoms. The second kappa shape index (κ2) is 7.50. The predicted octanol–water partition coefficient (Wildman–Crippen LogP) is 5.47. The molecule has 0 amide bonds. The van der Waals surface area contributed by atoms with Gasteiger partial charge < -0.3 is 0 Å². The van der Waals surface area contributed by atoms with Gasteiger partial charge in [-0.05, 0) is 31.2 Å². The molecule has 1 aromatic carbocycles. The number of benzene rings is 1. The zero-order valence-electron chi connectivity index (χ0n) is 13.6. The fourth-order valence-electron chi connectivity index (χ4n) is 2.49. The van der Waals surface area contributed by atoms with Crippen molar-refractivity contribution in [3.05, 3.63) is 61.5 Å². The van der Waals surface area contributed by atoms with Gasteiger partial charge in [0.2, 0.25) is 0 Å². The highest BCUT2D eigenvalue weighted by atomic mass is 35.5. The first-order valence-electron chi connectivity index (χ1n) is 7.29. The van der Waals surface area contributed by atoms with Gasteiger partial charge in [-0.15, -0.1) is 11.3 Å². The number of nitrogens with one attached hydrogen (secondary N) is 1. The van der Waals surface area contributed by atoms with Crippen LogP contribution in [0.25, 0.3) is 10.6 Å². The molecule has 0 saturated heterocycles. The summed E-state index contributed by atoms with van der Waals surface area (Å²) >= 11 is 19.6. The molecule has 138 valence electrons. The van der Waals surface area contributed by atoms with Crippen LogP contribution in [0.1, 0.15) is 22.9 Å². The van der Waals surface area contributed by atoms with E-state index in [4.69, 9.17) is 39.0 Å². The van der Waals surface area contributed by atoms with E-state index >= 15 is 0 Å². The second-order valence-electron chi connectivity index (χ2n) is 5.56. The first kappa shape index (κ1) is 19.7. The molecule has 5 nitrogen and oxygen atoms in total. The van der Waals surface area contributed by atoms with E-state index in [9.17, 15) is 8.42 Å². The van der Waals surface area contributed by atoms with Crippen molar-refractivity contribution in [1.29, 1.82) is 0 Å². The number of hydrogen-bond donors (Lipinski definition) is 1. The average Bonchev–Trinajstić information content (AvgIpc) is 3.10. The molecule has 0 aliphatic rings. The van der Waals surface area contributed by atoms with E-state index in [1.807, 2.05) is 13.0 Å². The van der Waals surface area contributed by atoms with Crippen molar-refractivity contribution in [3.63, 3.8) is 0 Å². The van der Waals surface area contributed by atoms with E-state index in [2.05, 4.69) is 10.2 Å². The molecular formula is C16H13Cl3N2O3S2. The lowest BCUT2D eigenvalue weighted by Gasteiger charge is -2.18. The highest BCUT2D eigenvalue weighted by Crippen LogP contribution is 2.38. The van der Waals surface area contributed by atoms with Crippen LogP contribution in [0.3, 0.4) is 0 Å². The minimum atomic E-state index is -3.77. The summed E-state index contributed by atoms with van der Waals surface area (Å²) in [4.78, 5) is 0.857. The van der Waals surface area contributed by atoms with E-state index in [0.29, 0.717) is 31.3 Å². The van der Waals surface area contributed by atoms with Crippen LogP contribution in [0.2, 0.25) is 14.4 Å². The molecule has 1 atom stereocenters. The lowest BCUT2D eigenvalue weighted by molar-refractivity contribution is 0.250. The van der Waals surface area contributed by atoms with Gasteiger partial charge in [-0.25, -0.2) is 0 Å². The van der Waals surface area contributed by atoms with Crippen molar-refractivity contribution in [2.45, 2.75) is 13.0 Å². The van der Waals surface area contributed by atoms with E-state index in [1.165, 1.54) is 17.4 Å². The molecule has 3 rings (SSSR count). The van der Waals surface area contributed by atoms with Gasteiger partial charge in [0.25, 0.3) is 10.1 Å². The Hall–Kier alpha value is -1.09. The predicted molar refractivity (Wildman–Crippen MR) is 106 cm³/mol. The van der Waals surface area contributed by atoms with Crippen LogP contribution in [0, 0.1) is 6.92 Å². The van der Waals surface area contributed by atoms with Gasteiger partial charge in [0.15, 0.2) is 0 Å². The highest BCUT2D eigenvalue weighted by molar-refractivity contribution is 7.86. The summed E-state index contributed by atoms with van der Waals surface area (Å²) in [6, 6.07) is 8.40. The smallest absolute Gasteiger partial charge is 0.265 e. The van der Waals surface area contributed by atoms with Crippen molar-refractivity contribution in [1.82, 2.24) is 10.2 Å². The average molecular weight is 452 g/mol. The quantitative estimate of drug-likeness (QED) is 0.522. The molecule has 3 aromatic rings. The van der Waals surface area contributed by atoms with Crippen LogP contribution >= 0.6 is 46.1 Å². The van der Waals surface area contributed by atoms with E-state index < -0.39 is 16.2 Å². The lowest BCUT2D eigenvalue weighted by atomic mass is 10.0. The topological polar surface area (TPSA) is 72.0 Å². The van der Waals surface area contributed by atoms with Crippen molar-refractivity contribution < 1.29 is 12.6 Å². The third-order valence-corrected chi connectivity index (χ3v) is 5.97. The Morgan fingerprint density at radius 2 is 1.92 bits per heavy atom. The van der Waals surface area contributed by atoms with Gasteiger partial charge in [0, 0.05) is 21.2 Å². The largest absolute Gasteiger partial charge is 0.279 e. The number of halogens is 3. The fourth-order valence-corrected chi connectivity index (χ4v) is 4.64. The molecule has 1 unspecified atom stereocenters. The van der Waals surface area contributed by atoms with Crippen molar-refractivity contribution in [2.75, 3.05) is 6.26 Å². The molecule has 2 aromatic heterocycles. The summed E-state index contributed by atoms with van der Waals surface area (Å²) in [5, 5.41) is 7.91. The van der Waals surface area contributed by atoms with Crippen LogP contribution < -0.4 is 0 Å². The maximum atomic E-state index is 11.8. The number of hydrogen-bond acceptors (Lipinski definition) is 5. The molecule has 0 saturated carbocycles. The summed E-state index contributed by atoms with van der Waals surface area (Å²) < 4.78 is 29.6. The highest BCUT2D eigenvalue weighted by Gasteiger charge is 2.27. The number of nitrogens with zero attached hydrogens (tertiary/aromatic N) is 1. The summed E-state index contributed by atoms with van der Waals surface area (Å²) in [7, 11) is -3.77. The SMILES string of the molecule is Cc1c(-c2ccc(Cl)s2)n[nH]c1C(OS(C)(=O)=O)c1ccc(Cl)cc1Cl. The molecule has 2 heterocycles. The van der Waals surface area contributed by atoms with Gasteiger partial charge >= 0.3 is 0 Å². The van der Waals surface area contributed by atoms with Crippen LogP contribution in [0.4, 0.5) is 0 Å². The lowest BCUT2D eigenvalue weighted by Crippen LogP contribution is -2.13. The van der Waals surface area contributed by atoms with Crippen molar-refractivity contribution in [3.8, 4) is 10.6 Å². The third-order valence-electron chi connectivity index (χ3n) is 3.63. The van der Waals surface area contributed by atoms with Crippen LogP contribution in [-0.4, -0.2) is 24.9 Å². The molecule has 0 radical (unpaired) electrons. The monoisotopic (exact) mass is 450 g/mol. The Labute approximate surface area is 170 Å². The number of rotatable bonds is 5. The summed E-state index contributed by atoms with van der Waals surface area (Å²) in [5.41, 5.74) is 2.36. The van der Waals surface area contributed by atoms with Crippen LogP contribution in [-0.2, 0) is 14.3 Å². The Bertz CT molecular complexity index is 1060. The molecule has 0 aliphatic heterocycles. The van der Waals surface area contributed by atoms with Gasteiger partial charge in [-0.1, -0.05) is 40.9 Å². The van der Waals surface area contributed by atoms with Gasteiger partial charge in [-0.2, -0.15) is 13.5 Å². The standard InChI is InChI=1S/C16H13Cl3N2O3S2/c1-8-14(12-5-6-13(19)25-12)20-21-15(8)16(24-26(2,22)23)10-4-3-9(17)7-11(10)18/h3-7,16H,1-2H3,(H,20,21). The number of thiophene rings is 1. The summed E-state index contributed by atoms with van der Waals surface area (Å²) in [6.45, 7) is 1.82. The third kappa shape index (κ3) is 4.24. The molecule has 0 spiro atoms. The number of aromatic amines is 1. The normalized spacial score (nSPS) is 13.1. The maximum Gasteiger partial charge on any atom is 0.265 e. The zero-order valence-corrected chi connectivity index (χ0v) is 17.5. The van der Waals surface area contributed by atoms with Crippen molar-refractivity contribution in [2.24, 2.45) is 0 Å². The number of aromatic nitrogens is 2. The molecule has 10 heteroatoms. The van der Waals surface area contributed by atoms with E-state index in [0.717, 1.165) is 16.7 Å². The first-order valence-corrected chi connectivity index (χ1v) is 11.1. The molecule has 26 heavy (non-hydrogen) atoms. The Kier molecular flexibility index (Phi) is 5.67. The maximum absolute atomic E-state index is 11.8. The fraction of sp³-hybridized carbons (Fsp3) is 0.188. The van der Waals surface area contributed by atoms with E-state index in [-0.39, 0.29) is 0 Å². The van der Waals surface area contributed by atoms with Gasteiger partial charge in [0.1, 0.15) is 11.8 Å². The van der Waals surface area contributed by atoms with Gasteiger partial charge in [-0.3, -0.25) is 9.28 Å². The Balaban J connectivity index is 2.12. The zero-order chi connectivity index (χ0) is 19.1. The second-order valence-corrected chi connectivity index (χ2v) is 9.72. The minimum Gasteiger partial charge on any atom is -0.279 e. The molecular weight excluding hydrogens is 439 g/mol.